The van der Waals surface area contributed by atoms with E-state index in [-0.39, 0.29) is 23.8 Å². The van der Waals surface area contributed by atoms with E-state index >= 15 is 0 Å². The minimum absolute atomic E-state index is 0.0795. The molecule has 0 saturated heterocycles. The molecule has 0 aliphatic heterocycles. The van der Waals surface area contributed by atoms with Crippen molar-refractivity contribution in [1.82, 2.24) is 5.32 Å². The number of hydrogen-bond donors (Lipinski definition) is 3. The summed E-state index contributed by atoms with van der Waals surface area (Å²) in [4.78, 5) is 24.6. The second kappa shape index (κ2) is 8.08. The summed E-state index contributed by atoms with van der Waals surface area (Å²) < 4.78 is 0. The van der Waals surface area contributed by atoms with E-state index in [0.717, 1.165) is 0 Å². The lowest BCUT2D eigenvalue weighted by atomic mass is 9.89. The summed E-state index contributed by atoms with van der Waals surface area (Å²) in [6, 6.07) is 8.65. The highest BCUT2D eigenvalue weighted by Crippen LogP contribution is 2.20. The lowest BCUT2D eigenvalue weighted by Crippen LogP contribution is -2.35. The predicted octanol–water partition coefficient (Wildman–Crippen LogP) is 3.14. The van der Waals surface area contributed by atoms with Gasteiger partial charge in [-0.05, 0) is 35.4 Å². The molecule has 0 fully saturated rings. The number of hydrogen-bond acceptors (Lipinski definition) is 4. The quantitative estimate of drug-likeness (QED) is 0.721. The summed E-state index contributed by atoms with van der Waals surface area (Å²) in [5.41, 5.74) is 1.27. The van der Waals surface area contributed by atoms with Crippen LogP contribution in [0.5, 0.6) is 0 Å². The van der Waals surface area contributed by atoms with Gasteiger partial charge in [-0.25, -0.2) is 0 Å². The van der Waals surface area contributed by atoms with Crippen molar-refractivity contribution < 1.29 is 14.7 Å². The molecule has 0 unspecified atom stereocenters. The van der Waals surface area contributed by atoms with E-state index in [1.165, 1.54) is 11.3 Å². The molecule has 0 saturated carbocycles. The smallest absolute Gasteiger partial charge is 0.256 e. The van der Waals surface area contributed by atoms with Crippen molar-refractivity contribution >= 4 is 28.8 Å². The van der Waals surface area contributed by atoms with Crippen LogP contribution in [-0.4, -0.2) is 30.1 Å². The zero-order chi connectivity index (χ0) is 17.6. The molecular formula is C18H22N2O3S. The van der Waals surface area contributed by atoms with Crippen LogP contribution in [0.1, 0.15) is 41.0 Å². The van der Waals surface area contributed by atoms with Gasteiger partial charge in [-0.2, -0.15) is 11.3 Å². The SMILES string of the molecule is CC(C)(CCO)CNC(=O)c1ccccc1NC(=O)c1ccsc1. The van der Waals surface area contributed by atoms with Crippen LogP contribution in [0.25, 0.3) is 0 Å². The average Bonchev–Trinajstić information content (AvgIpc) is 3.08. The number of rotatable bonds is 7. The first-order valence-corrected chi connectivity index (χ1v) is 8.69. The molecule has 0 radical (unpaired) electrons. The average molecular weight is 346 g/mol. The van der Waals surface area contributed by atoms with Gasteiger partial charge in [0.25, 0.3) is 11.8 Å². The summed E-state index contributed by atoms with van der Waals surface area (Å²) in [7, 11) is 0. The third-order valence-corrected chi connectivity index (χ3v) is 4.40. The Morgan fingerprint density at radius 2 is 1.92 bits per heavy atom. The number of thiophene rings is 1. The van der Waals surface area contributed by atoms with Gasteiger partial charge < -0.3 is 15.7 Å². The molecule has 1 aromatic heterocycles. The van der Waals surface area contributed by atoms with Crippen molar-refractivity contribution in [2.24, 2.45) is 5.41 Å². The number of aliphatic hydroxyl groups is 1. The Kier molecular flexibility index (Phi) is 6.11. The van der Waals surface area contributed by atoms with Gasteiger partial charge in [0.05, 0.1) is 16.8 Å². The number of benzene rings is 1. The van der Waals surface area contributed by atoms with E-state index < -0.39 is 0 Å². The molecule has 6 heteroatoms. The predicted molar refractivity (Wildman–Crippen MR) is 96.5 cm³/mol. The molecule has 24 heavy (non-hydrogen) atoms. The van der Waals surface area contributed by atoms with E-state index in [0.29, 0.717) is 29.8 Å². The van der Waals surface area contributed by atoms with Crippen molar-refractivity contribution in [3.05, 3.63) is 52.2 Å². The first-order valence-electron chi connectivity index (χ1n) is 7.74. The van der Waals surface area contributed by atoms with Crippen molar-refractivity contribution in [1.29, 1.82) is 0 Å². The molecule has 0 atom stereocenters. The summed E-state index contributed by atoms with van der Waals surface area (Å²) in [5, 5.41) is 18.3. The molecule has 0 aliphatic carbocycles. The summed E-state index contributed by atoms with van der Waals surface area (Å²) in [6.45, 7) is 4.48. The van der Waals surface area contributed by atoms with Gasteiger partial charge in [0.2, 0.25) is 0 Å². The number of amides is 2. The highest BCUT2D eigenvalue weighted by molar-refractivity contribution is 7.08. The van der Waals surface area contributed by atoms with Gasteiger partial charge in [0.15, 0.2) is 0 Å². The van der Waals surface area contributed by atoms with E-state index in [2.05, 4.69) is 10.6 Å². The first-order chi connectivity index (χ1) is 11.4. The number of para-hydroxylation sites is 1. The fourth-order valence-electron chi connectivity index (χ4n) is 2.18. The van der Waals surface area contributed by atoms with E-state index in [1.54, 1.807) is 35.7 Å². The Balaban J connectivity index is 2.08. The van der Waals surface area contributed by atoms with Gasteiger partial charge in [-0.1, -0.05) is 26.0 Å². The Morgan fingerprint density at radius 3 is 2.58 bits per heavy atom. The van der Waals surface area contributed by atoms with Crippen LogP contribution >= 0.6 is 11.3 Å². The monoisotopic (exact) mass is 346 g/mol. The fourth-order valence-corrected chi connectivity index (χ4v) is 2.82. The summed E-state index contributed by atoms with van der Waals surface area (Å²) in [6.07, 6.45) is 0.601. The van der Waals surface area contributed by atoms with Crippen LogP contribution in [0.15, 0.2) is 41.1 Å². The number of anilines is 1. The standard InChI is InChI=1S/C18H22N2O3S/c1-18(2,8-9-21)12-19-17(23)14-5-3-4-6-15(14)20-16(22)13-7-10-24-11-13/h3-7,10-11,21H,8-9,12H2,1-2H3,(H,19,23)(H,20,22). The van der Waals surface area contributed by atoms with E-state index in [9.17, 15) is 9.59 Å². The molecular weight excluding hydrogens is 324 g/mol. The largest absolute Gasteiger partial charge is 0.396 e. The summed E-state index contributed by atoms with van der Waals surface area (Å²) in [5.74, 6) is -0.487. The Bertz CT molecular complexity index is 696. The topological polar surface area (TPSA) is 78.4 Å². The van der Waals surface area contributed by atoms with Crippen molar-refractivity contribution in [2.45, 2.75) is 20.3 Å². The third-order valence-electron chi connectivity index (χ3n) is 3.72. The minimum Gasteiger partial charge on any atom is -0.396 e. The van der Waals surface area contributed by atoms with Crippen LogP contribution in [0.3, 0.4) is 0 Å². The van der Waals surface area contributed by atoms with E-state index in [1.807, 2.05) is 19.2 Å². The van der Waals surface area contributed by atoms with Crippen LogP contribution in [0.4, 0.5) is 5.69 Å². The molecule has 2 amide bonds. The van der Waals surface area contributed by atoms with Crippen LogP contribution in [0.2, 0.25) is 0 Å². The fraction of sp³-hybridized carbons (Fsp3) is 0.333. The minimum atomic E-state index is -0.248. The van der Waals surface area contributed by atoms with Crippen molar-refractivity contribution in [3.63, 3.8) is 0 Å². The second-order valence-corrected chi connectivity index (χ2v) is 7.11. The van der Waals surface area contributed by atoms with E-state index in [4.69, 9.17) is 5.11 Å². The number of carbonyl (C=O) groups is 2. The lowest BCUT2D eigenvalue weighted by Gasteiger charge is -2.24. The third kappa shape index (κ3) is 4.91. The van der Waals surface area contributed by atoms with Crippen molar-refractivity contribution in [3.8, 4) is 0 Å². The number of nitrogens with one attached hydrogen (secondary N) is 2. The lowest BCUT2D eigenvalue weighted by molar-refractivity contribution is 0.0929. The Labute approximate surface area is 145 Å². The molecule has 1 aromatic carbocycles. The van der Waals surface area contributed by atoms with Gasteiger partial charge in [-0.15, -0.1) is 0 Å². The summed E-state index contributed by atoms with van der Waals surface area (Å²) >= 11 is 1.44. The number of aliphatic hydroxyl groups excluding tert-OH is 1. The van der Waals surface area contributed by atoms with Crippen LogP contribution in [-0.2, 0) is 0 Å². The molecule has 5 nitrogen and oxygen atoms in total. The highest BCUT2D eigenvalue weighted by atomic mass is 32.1. The van der Waals surface area contributed by atoms with Gasteiger partial charge in [0, 0.05) is 18.5 Å². The number of carbonyl (C=O) groups excluding carboxylic acids is 2. The molecule has 3 N–H and O–H groups in total. The molecule has 1 heterocycles. The maximum Gasteiger partial charge on any atom is 0.256 e. The Morgan fingerprint density at radius 1 is 1.17 bits per heavy atom. The second-order valence-electron chi connectivity index (χ2n) is 6.33. The zero-order valence-electron chi connectivity index (χ0n) is 13.8. The van der Waals surface area contributed by atoms with Crippen molar-refractivity contribution in [2.75, 3.05) is 18.5 Å². The van der Waals surface area contributed by atoms with Gasteiger partial charge in [0.1, 0.15) is 0 Å². The highest BCUT2D eigenvalue weighted by Gasteiger charge is 2.20. The normalized spacial score (nSPS) is 11.1. The maximum absolute atomic E-state index is 12.5. The molecule has 128 valence electrons. The molecule has 0 spiro atoms. The van der Waals surface area contributed by atoms with Gasteiger partial charge >= 0.3 is 0 Å². The molecule has 2 aromatic rings. The Hall–Kier alpha value is -2.18. The molecule has 2 rings (SSSR count). The van der Waals surface area contributed by atoms with Gasteiger partial charge in [-0.3, -0.25) is 9.59 Å². The zero-order valence-corrected chi connectivity index (χ0v) is 14.7. The maximum atomic E-state index is 12.5. The molecule has 0 aliphatic rings. The first kappa shape index (κ1) is 18.2. The van der Waals surface area contributed by atoms with Crippen LogP contribution < -0.4 is 10.6 Å². The molecule has 0 bridgehead atoms. The van der Waals surface area contributed by atoms with Crippen LogP contribution in [0, 0.1) is 5.41 Å².